The van der Waals surface area contributed by atoms with Gasteiger partial charge in [0.1, 0.15) is 4.93 Å². The lowest BCUT2D eigenvalue weighted by Gasteiger charge is -2.30. The van der Waals surface area contributed by atoms with Crippen molar-refractivity contribution in [3.63, 3.8) is 0 Å². The SMILES string of the molecule is CC1CC/C(N)=C(/N(N)CCOC(C)(S)CO)CCC1C. The molecule has 0 amide bonds. The van der Waals surface area contributed by atoms with Gasteiger partial charge in [-0.05, 0) is 44.4 Å². The van der Waals surface area contributed by atoms with Crippen molar-refractivity contribution >= 4 is 12.6 Å². The number of ether oxygens (including phenoxy) is 1. The van der Waals surface area contributed by atoms with Gasteiger partial charge < -0.3 is 20.6 Å². The highest BCUT2D eigenvalue weighted by Crippen LogP contribution is 2.29. The second kappa shape index (κ2) is 8.27. The molecule has 124 valence electrons. The van der Waals surface area contributed by atoms with Crippen molar-refractivity contribution in [2.24, 2.45) is 23.4 Å². The van der Waals surface area contributed by atoms with Crippen molar-refractivity contribution in [1.82, 2.24) is 5.01 Å². The molecule has 1 rings (SSSR count). The van der Waals surface area contributed by atoms with Gasteiger partial charge >= 0.3 is 0 Å². The van der Waals surface area contributed by atoms with Crippen molar-refractivity contribution in [3.8, 4) is 0 Å². The first-order valence-electron chi connectivity index (χ1n) is 7.73. The molecule has 5 N–H and O–H groups in total. The van der Waals surface area contributed by atoms with Crippen LogP contribution in [0.2, 0.25) is 0 Å². The number of aliphatic hydroxyl groups excluding tert-OH is 1. The zero-order valence-electron chi connectivity index (χ0n) is 13.5. The smallest absolute Gasteiger partial charge is 0.131 e. The van der Waals surface area contributed by atoms with Crippen molar-refractivity contribution in [1.29, 1.82) is 0 Å². The zero-order chi connectivity index (χ0) is 16.0. The molecule has 0 aromatic heterocycles. The maximum Gasteiger partial charge on any atom is 0.131 e. The summed E-state index contributed by atoms with van der Waals surface area (Å²) in [6.45, 7) is 7.11. The Balaban J connectivity index is 2.56. The quantitative estimate of drug-likeness (QED) is 0.260. The molecule has 5 nitrogen and oxygen atoms in total. The van der Waals surface area contributed by atoms with E-state index in [9.17, 15) is 0 Å². The van der Waals surface area contributed by atoms with E-state index in [0.717, 1.165) is 37.1 Å². The van der Waals surface area contributed by atoms with Crippen LogP contribution in [0, 0.1) is 11.8 Å². The van der Waals surface area contributed by atoms with Crippen LogP contribution in [0.25, 0.3) is 0 Å². The third kappa shape index (κ3) is 6.06. The number of hydrogen-bond acceptors (Lipinski definition) is 6. The lowest BCUT2D eigenvalue weighted by atomic mass is 9.84. The minimum Gasteiger partial charge on any atom is -0.401 e. The summed E-state index contributed by atoms with van der Waals surface area (Å²) < 4.78 is 5.50. The van der Waals surface area contributed by atoms with Gasteiger partial charge in [0.25, 0.3) is 0 Å². The summed E-state index contributed by atoms with van der Waals surface area (Å²) in [4.78, 5) is -0.828. The summed E-state index contributed by atoms with van der Waals surface area (Å²) in [7, 11) is 0. The van der Waals surface area contributed by atoms with Crippen LogP contribution in [0.3, 0.4) is 0 Å². The average Bonchev–Trinajstić information content (AvgIpc) is 2.43. The van der Waals surface area contributed by atoms with E-state index in [1.807, 2.05) is 0 Å². The molecule has 0 bridgehead atoms. The Morgan fingerprint density at radius 3 is 2.48 bits per heavy atom. The molecule has 1 aliphatic carbocycles. The van der Waals surface area contributed by atoms with Gasteiger partial charge in [-0.3, -0.25) is 0 Å². The van der Waals surface area contributed by atoms with Gasteiger partial charge in [-0.25, -0.2) is 5.84 Å². The molecule has 21 heavy (non-hydrogen) atoms. The van der Waals surface area contributed by atoms with Crippen LogP contribution >= 0.6 is 12.6 Å². The number of hydrogen-bond donors (Lipinski definition) is 4. The number of hydrazine groups is 1. The first-order valence-corrected chi connectivity index (χ1v) is 8.18. The van der Waals surface area contributed by atoms with Crippen LogP contribution in [-0.4, -0.2) is 34.8 Å². The number of nitrogens with two attached hydrogens (primary N) is 2. The molecule has 0 saturated heterocycles. The normalized spacial score (nSPS) is 30.4. The Morgan fingerprint density at radius 2 is 1.90 bits per heavy atom. The van der Waals surface area contributed by atoms with Gasteiger partial charge in [-0.1, -0.05) is 13.8 Å². The fourth-order valence-corrected chi connectivity index (χ4v) is 2.59. The van der Waals surface area contributed by atoms with Crippen LogP contribution in [0.5, 0.6) is 0 Å². The van der Waals surface area contributed by atoms with Crippen molar-refractivity contribution in [3.05, 3.63) is 11.4 Å². The number of thiol groups is 1. The Morgan fingerprint density at radius 1 is 1.33 bits per heavy atom. The van der Waals surface area contributed by atoms with E-state index in [-0.39, 0.29) is 6.61 Å². The van der Waals surface area contributed by atoms with Crippen LogP contribution in [0.1, 0.15) is 46.5 Å². The molecule has 6 heteroatoms. The highest BCUT2D eigenvalue weighted by Gasteiger charge is 2.21. The Kier molecular flexibility index (Phi) is 7.33. The minimum absolute atomic E-state index is 0.138. The molecule has 0 aromatic rings. The molecule has 0 saturated carbocycles. The van der Waals surface area contributed by atoms with Gasteiger partial charge in [0.2, 0.25) is 0 Å². The number of nitrogens with zero attached hydrogens (tertiary/aromatic N) is 1. The summed E-state index contributed by atoms with van der Waals surface area (Å²) in [5, 5.41) is 10.8. The molecule has 0 aliphatic heterocycles. The van der Waals surface area contributed by atoms with Crippen LogP contribution in [-0.2, 0) is 4.74 Å². The predicted octanol–water partition coefficient (Wildman–Crippen LogP) is 1.83. The molecule has 3 atom stereocenters. The van der Waals surface area contributed by atoms with Gasteiger partial charge in [-0.2, -0.15) is 0 Å². The van der Waals surface area contributed by atoms with E-state index in [4.69, 9.17) is 21.4 Å². The Labute approximate surface area is 134 Å². The van der Waals surface area contributed by atoms with E-state index in [0.29, 0.717) is 25.0 Å². The van der Waals surface area contributed by atoms with Crippen molar-refractivity contribution in [2.75, 3.05) is 19.8 Å². The van der Waals surface area contributed by atoms with Crippen molar-refractivity contribution in [2.45, 2.75) is 51.4 Å². The highest BCUT2D eigenvalue weighted by atomic mass is 32.1. The predicted molar refractivity (Wildman–Crippen MR) is 89.3 cm³/mol. The standard InChI is InChI=1S/C15H31N3O2S/c1-11-4-6-13(16)14(7-5-12(11)2)18(17)8-9-20-15(3,21)10-19/h11-12,19,21H,4-10,16-17H2,1-3H3/b14-13-. The summed E-state index contributed by atoms with van der Waals surface area (Å²) in [5.74, 6) is 7.53. The lowest BCUT2D eigenvalue weighted by Crippen LogP contribution is -2.38. The van der Waals surface area contributed by atoms with Crippen molar-refractivity contribution < 1.29 is 9.84 Å². The molecular formula is C15H31N3O2S. The minimum atomic E-state index is -0.828. The lowest BCUT2D eigenvalue weighted by molar-refractivity contribution is -0.00619. The molecule has 0 spiro atoms. The molecular weight excluding hydrogens is 286 g/mol. The summed E-state index contributed by atoms with van der Waals surface area (Å²) >= 11 is 4.22. The largest absolute Gasteiger partial charge is 0.401 e. The maximum absolute atomic E-state index is 9.10. The van der Waals surface area contributed by atoms with Gasteiger partial charge in [0.15, 0.2) is 0 Å². The maximum atomic E-state index is 9.10. The third-order valence-electron chi connectivity index (χ3n) is 4.43. The fraction of sp³-hybridized carbons (Fsp3) is 0.867. The Hall–Kier alpha value is -0.430. The summed E-state index contributed by atoms with van der Waals surface area (Å²) in [6, 6.07) is 0. The Bertz CT molecular complexity index is 361. The number of rotatable bonds is 6. The van der Waals surface area contributed by atoms with E-state index in [1.54, 1.807) is 11.9 Å². The van der Waals surface area contributed by atoms with E-state index in [1.165, 1.54) is 0 Å². The molecule has 0 fully saturated rings. The molecule has 0 aromatic carbocycles. The van der Waals surface area contributed by atoms with Crippen LogP contribution in [0.15, 0.2) is 11.4 Å². The second-order valence-electron chi connectivity index (χ2n) is 6.38. The van der Waals surface area contributed by atoms with Gasteiger partial charge in [-0.15, -0.1) is 12.6 Å². The van der Waals surface area contributed by atoms with E-state index >= 15 is 0 Å². The molecule has 0 heterocycles. The zero-order valence-corrected chi connectivity index (χ0v) is 14.4. The topological polar surface area (TPSA) is 84.7 Å². The second-order valence-corrected chi connectivity index (χ2v) is 7.32. The summed E-state index contributed by atoms with van der Waals surface area (Å²) in [6.07, 6.45) is 4.02. The van der Waals surface area contributed by atoms with Crippen LogP contribution in [0.4, 0.5) is 0 Å². The third-order valence-corrected chi connectivity index (χ3v) is 4.70. The van der Waals surface area contributed by atoms with Crippen LogP contribution < -0.4 is 11.6 Å². The highest BCUT2D eigenvalue weighted by molar-refractivity contribution is 7.81. The fourth-order valence-electron chi connectivity index (χ4n) is 2.49. The monoisotopic (exact) mass is 317 g/mol. The molecule has 3 unspecified atom stereocenters. The van der Waals surface area contributed by atoms with Gasteiger partial charge in [0, 0.05) is 11.4 Å². The van der Waals surface area contributed by atoms with E-state index < -0.39 is 4.93 Å². The van der Waals surface area contributed by atoms with E-state index in [2.05, 4.69) is 26.5 Å². The summed E-state index contributed by atoms with van der Waals surface area (Å²) in [5.41, 5.74) is 8.13. The van der Waals surface area contributed by atoms with Gasteiger partial charge in [0.05, 0.1) is 19.8 Å². The molecule has 0 radical (unpaired) electrons. The number of allylic oxidation sites excluding steroid dienone is 2. The molecule has 1 aliphatic rings. The first-order chi connectivity index (χ1) is 9.76. The first kappa shape index (κ1) is 18.6. The number of aliphatic hydroxyl groups is 1. The average molecular weight is 317 g/mol.